The summed E-state index contributed by atoms with van der Waals surface area (Å²) in [5.74, 6) is -0.380. The van der Waals surface area contributed by atoms with E-state index in [2.05, 4.69) is 15.3 Å². The fourth-order valence-corrected chi connectivity index (χ4v) is 2.79. The van der Waals surface area contributed by atoms with Crippen molar-refractivity contribution in [3.8, 4) is 0 Å². The summed E-state index contributed by atoms with van der Waals surface area (Å²) in [7, 11) is 0. The van der Waals surface area contributed by atoms with Gasteiger partial charge in [0.05, 0.1) is 20.9 Å². The van der Waals surface area contributed by atoms with Gasteiger partial charge in [0.25, 0.3) is 5.91 Å². The minimum absolute atomic E-state index is 0.223. The first kappa shape index (κ1) is 13.3. The number of carbonyl (C=O) groups is 1. The van der Waals surface area contributed by atoms with E-state index in [0.717, 1.165) is 4.70 Å². The molecule has 2 aromatic heterocycles. The van der Waals surface area contributed by atoms with Crippen molar-refractivity contribution in [1.82, 2.24) is 9.97 Å². The number of anilines is 1. The van der Waals surface area contributed by atoms with Gasteiger partial charge in [-0.05, 0) is 24.3 Å². The summed E-state index contributed by atoms with van der Waals surface area (Å²) in [5.41, 5.74) is 3.07. The highest BCUT2D eigenvalue weighted by Crippen LogP contribution is 2.32. The number of rotatable bonds is 2. The summed E-state index contributed by atoms with van der Waals surface area (Å²) in [6.07, 6.45) is 0. The average molecular weight is 324 g/mol. The number of hydrogen-bond acceptors (Lipinski definition) is 4. The first-order valence-corrected chi connectivity index (χ1v) is 7.24. The van der Waals surface area contributed by atoms with Crippen molar-refractivity contribution in [2.24, 2.45) is 0 Å². The summed E-state index contributed by atoms with van der Waals surface area (Å²) >= 11 is 13.4. The zero-order chi connectivity index (χ0) is 14.1. The van der Waals surface area contributed by atoms with Gasteiger partial charge in [0.2, 0.25) is 0 Å². The number of pyridine rings is 1. The molecule has 0 radical (unpaired) electrons. The van der Waals surface area contributed by atoms with Gasteiger partial charge < -0.3 is 5.32 Å². The van der Waals surface area contributed by atoms with Crippen LogP contribution in [-0.4, -0.2) is 15.9 Å². The number of halogens is 2. The number of aromatic nitrogens is 2. The molecule has 0 aliphatic carbocycles. The van der Waals surface area contributed by atoms with Crippen LogP contribution in [0.5, 0.6) is 0 Å². The van der Waals surface area contributed by atoms with E-state index < -0.39 is 0 Å². The van der Waals surface area contributed by atoms with E-state index in [4.69, 9.17) is 23.2 Å². The minimum Gasteiger partial charge on any atom is -0.317 e. The van der Waals surface area contributed by atoms with E-state index in [1.807, 2.05) is 6.07 Å². The highest BCUT2D eigenvalue weighted by molar-refractivity contribution is 7.16. The second kappa shape index (κ2) is 5.36. The molecule has 1 aromatic carbocycles. The molecule has 0 saturated carbocycles. The number of fused-ring (bicyclic) bond motifs is 1. The third-order valence-corrected chi connectivity index (χ3v) is 3.96. The van der Waals surface area contributed by atoms with Gasteiger partial charge in [-0.3, -0.25) is 4.79 Å². The lowest BCUT2D eigenvalue weighted by Gasteiger charge is -2.07. The van der Waals surface area contributed by atoms with Gasteiger partial charge in [0.1, 0.15) is 16.4 Å². The Labute approximate surface area is 128 Å². The van der Waals surface area contributed by atoms with Crippen LogP contribution >= 0.6 is 34.5 Å². The first-order valence-electron chi connectivity index (χ1n) is 5.61. The molecule has 0 bridgehead atoms. The van der Waals surface area contributed by atoms with Crippen LogP contribution in [0.3, 0.4) is 0 Å². The van der Waals surface area contributed by atoms with E-state index in [-0.39, 0.29) is 16.8 Å². The van der Waals surface area contributed by atoms with E-state index in [9.17, 15) is 4.79 Å². The number of thiazole rings is 1. The first-order chi connectivity index (χ1) is 9.65. The maximum absolute atomic E-state index is 12.2. The Bertz CT molecular complexity index is 803. The molecule has 0 aliphatic heterocycles. The summed E-state index contributed by atoms with van der Waals surface area (Å²) in [5, 5.41) is 3.42. The van der Waals surface area contributed by atoms with E-state index in [1.54, 1.807) is 29.8 Å². The predicted molar refractivity (Wildman–Crippen MR) is 81.8 cm³/mol. The van der Waals surface area contributed by atoms with Crippen molar-refractivity contribution in [3.05, 3.63) is 51.7 Å². The Morgan fingerprint density at radius 3 is 2.85 bits per heavy atom. The van der Waals surface area contributed by atoms with Crippen molar-refractivity contribution >= 4 is 56.3 Å². The van der Waals surface area contributed by atoms with Gasteiger partial charge in [0, 0.05) is 0 Å². The lowest BCUT2D eigenvalue weighted by Crippen LogP contribution is -2.14. The molecule has 3 rings (SSSR count). The van der Waals surface area contributed by atoms with Gasteiger partial charge in [-0.15, -0.1) is 11.3 Å². The number of amides is 1. The molecular weight excluding hydrogens is 317 g/mol. The molecule has 4 nitrogen and oxygen atoms in total. The molecule has 0 unspecified atom stereocenters. The number of benzene rings is 1. The van der Waals surface area contributed by atoms with Crippen LogP contribution < -0.4 is 5.32 Å². The van der Waals surface area contributed by atoms with Gasteiger partial charge in [-0.25, -0.2) is 9.97 Å². The lowest BCUT2D eigenvalue weighted by atomic mass is 10.2. The van der Waals surface area contributed by atoms with Crippen LogP contribution in [-0.2, 0) is 0 Å². The number of nitrogens with zero attached hydrogens (tertiary/aromatic N) is 2. The summed E-state index contributed by atoms with van der Waals surface area (Å²) in [6, 6.07) is 8.43. The lowest BCUT2D eigenvalue weighted by molar-refractivity contribution is 0.102. The standard InChI is InChI=1S/C13H7Cl2N3OS/c14-7-4-5-9-12(16-6-20-9)11(7)18-13(19)8-2-1-3-10(15)17-8/h1-6H,(H,18,19). The van der Waals surface area contributed by atoms with Crippen molar-refractivity contribution in [2.45, 2.75) is 0 Å². The molecule has 0 spiro atoms. The number of carbonyl (C=O) groups excluding carboxylic acids is 1. The molecule has 3 aromatic rings. The fraction of sp³-hybridized carbons (Fsp3) is 0. The van der Waals surface area contributed by atoms with Crippen molar-refractivity contribution in [2.75, 3.05) is 5.32 Å². The molecule has 100 valence electrons. The van der Waals surface area contributed by atoms with Crippen LogP contribution in [0.2, 0.25) is 10.2 Å². The molecule has 0 fully saturated rings. The highest BCUT2D eigenvalue weighted by Gasteiger charge is 2.14. The van der Waals surface area contributed by atoms with Crippen molar-refractivity contribution in [3.63, 3.8) is 0 Å². The maximum atomic E-state index is 12.2. The summed E-state index contributed by atoms with van der Waals surface area (Å²) < 4.78 is 0.948. The molecule has 1 amide bonds. The SMILES string of the molecule is O=C(Nc1c(Cl)ccc2scnc12)c1cccc(Cl)n1. The number of nitrogens with one attached hydrogen (secondary N) is 1. The Morgan fingerprint density at radius 1 is 1.20 bits per heavy atom. The maximum Gasteiger partial charge on any atom is 0.274 e. The quantitative estimate of drug-likeness (QED) is 0.717. The molecule has 0 saturated heterocycles. The smallest absolute Gasteiger partial charge is 0.274 e. The molecule has 7 heteroatoms. The normalized spacial score (nSPS) is 10.7. The second-order valence-electron chi connectivity index (χ2n) is 3.92. The molecular formula is C13H7Cl2N3OS. The topological polar surface area (TPSA) is 54.9 Å². The van der Waals surface area contributed by atoms with Gasteiger partial charge >= 0.3 is 0 Å². The van der Waals surface area contributed by atoms with Gasteiger partial charge in [0.15, 0.2) is 0 Å². The van der Waals surface area contributed by atoms with Crippen LogP contribution in [0, 0.1) is 0 Å². The predicted octanol–water partition coefficient (Wildman–Crippen LogP) is 4.25. The third-order valence-electron chi connectivity index (χ3n) is 2.64. The molecule has 0 atom stereocenters. The second-order valence-corrected chi connectivity index (χ2v) is 5.60. The average Bonchev–Trinajstić information content (AvgIpc) is 2.90. The Kier molecular flexibility index (Phi) is 3.56. The molecule has 2 heterocycles. The van der Waals surface area contributed by atoms with E-state index in [0.29, 0.717) is 16.2 Å². The third kappa shape index (κ3) is 2.47. The largest absolute Gasteiger partial charge is 0.317 e. The Morgan fingerprint density at radius 2 is 2.05 bits per heavy atom. The van der Waals surface area contributed by atoms with Crippen LogP contribution in [0.1, 0.15) is 10.5 Å². The van der Waals surface area contributed by atoms with Crippen LogP contribution in [0.15, 0.2) is 35.8 Å². The molecule has 20 heavy (non-hydrogen) atoms. The Hall–Kier alpha value is -1.69. The number of hydrogen-bond donors (Lipinski definition) is 1. The van der Waals surface area contributed by atoms with Gasteiger partial charge in [-0.1, -0.05) is 29.3 Å². The van der Waals surface area contributed by atoms with E-state index >= 15 is 0 Å². The summed E-state index contributed by atoms with van der Waals surface area (Å²) in [6.45, 7) is 0. The summed E-state index contributed by atoms with van der Waals surface area (Å²) in [4.78, 5) is 20.3. The highest BCUT2D eigenvalue weighted by atomic mass is 35.5. The van der Waals surface area contributed by atoms with Gasteiger partial charge in [-0.2, -0.15) is 0 Å². The van der Waals surface area contributed by atoms with E-state index in [1.165, 1.54) is 11.3 Å². The Balaban J connectivity index is 1.99. The van der Waals surface area contributed by atoms with Crippen LogP contribution in [0.25, 0.3) is 10.2 Å². The minimum atomic E-state index is -0.380. The zero-order valence-corrected chi connectivity index (χ0v) is 12.3. The monoisotopic (exact) mass is 323 g/mol. The van der Waals surface area contributed by atoms with Crippen molar-refractivity contribution in [1.29, 1.82) is 0 Å². The van der Waals surface area contributed by atoms with Crippen molar-refractivity contribution < 1.29 is 4.79 Å². The zero-order valence-electron chi connectivity index (χ0n) is 9.93. The molecule has 0 aliphatic rings. The fourth-order valence-electron chi connectivity index (χ4n) is 1.74. The van der Waals surface area contributed by atoms with Crippen LogP contribution in [0.4, 0.5) is 5.69 Å². The molecule has 1 N–H and O–H groups in total.